The summed E-state index contributed by atoms with van der Waals surface area (Å²) in [5.74, 6) is 4.98. The second kappa shape index (κ2) is 35.9. The Labute approximate surface area is 854 Å². The monoisotopic (exact) mass is 1900 g/mol. The van der Waals surface area contributed by atoms with Gasteiger partial charge in [0.25, 0.3) is 0 Å². The summed E-state index contributed by atoms with van der Waals surface area (Å²) in [4.78, 5) is 51.1. The van der Waals surface area contributed by atoms with E-state index in [1.807, 2.05) is 170 Å². The topological polar surface area (TPSA) is 149 Å². The van der Waals surface area contributed by atoms with Gasteiger partial charge in [0, 0.05) is 121 Å². The molecule has 8 heterocycles. The van der Waals surface area contributed by atoms with Gasteiger partial charge in [-0.15, -0.1) is 0 Å². The molecule has 8 aromatic heterocycles. The first kappa shape index (κ1) is 87.6. The largest absolute Gasteiger partial charge is 0.309 e. The Bertz CT molecular complexity index is 9400. The number of benzene rings is 19. The third kappa shape index (κ3) is 14.9. The maximum Gasteiger partial charge on any atom is 0.238 e. The molecule has 0 spiro atoms. The van der Waals surface area contributed by atoms with Crippen molar-refractivity contribution in [3.8, 4) is 159 Å². The summed E-state index contributed by atoms with van der Waals surface area (Å²) >= 11 is 0. The lowest BCUT2D eigenvalue weighted by Gasteiger charge is -2.23. The third-order valence-corrected chi connectivity index (χ3v) is 29.4. The van der Waals surface area contributed by atoms with Crippen molar-refractivity contribution in [3.05, 3.63) is 508 Å². The van der Waals surface area contributed by atoms with Gasteiger partial charge in [-0.05, 0) is 136 Å². The van der Waals surface area contributed by atoms with E-state index in [9.17, 15) is 0 Å². The first-order valence-corrected chi connectivity index (χ1v) is 50.2. The number of para-hydroxylation sites is 4. The van der Waals surface area contributed by atoms with Crippen LogP contribution in [0, 0.1) is 0 Å². The summed E-state index contributed by atoms with van der Waals surface area (Å²) in [5, 5.41) is 9.49. The van der Waals surface area contributed by atoms with Crippen LogP contribution in [0.1, 0.15) is 49.9 Å². The summed E-state index contributed by atoms with van der Waals surface area (Å²) in [5.41, 5.74) is 35.0. The van der Waals surface area contributed by atoms with E-state index in [1.54, 1.807) is 0 Å². The summed E-state index contributed by atoms with van der Waals surface area (Å²) < 4.78 is 9.27. The van der Waals surface area contributed by atoms with Gasteiger partial charge >= 0.3 is 0 Å². The lowest BCUT2D eigenvalue weighted by atomic mass is 9.80. The molecule has 2 aliphatic carbocycles. The number of aromatic nitrogens is 14. The van der Waals surface area contributed by atoms with Gasteiger partial charge < -0.3 is 9.13 Å². The molecule has 2 aliphatic rings. The highest BCUT2D eigenvalue weighted by molar-refractivity contribution is 6.24. The van der Waals surface area contributed by atoms with Crippen LogP contribution in [0.3, 0.4) is 0 Å². The van der Waals surface area contributed by atoms with Crippen molar-refractivity contribution in [1.82, 2.24) is 68.1 Å². The molecule has 27 aromatic rings. The van der Waals surface area contributed by atoms with Crippen LogP contribution < -0.4 is 0 Å². The molecule has 0 amide bonds. The van der Waals surface area contributed by atoms with Gasteiger partial charge in [0.2, 0.25) is 11.9 Å². The molecule has 0 fully saturated rings. The third-order valence-electron chi connectivity index (χ3n) is 29.4. The number of fused-ring (bicyclic) bond motifs is 21. The molecule has 0 saturated carbocycles. The quantitative estimate of drug-likeness (QED) is 0.103. The molecule has 14 heteroatoms. The van der Waals surface area contributed by atoms with E-state index < -0.39 is 0 Å². The Morgan fingerprint density at radius 1 is 0.169 bits per heavy atom. The van der Waals surface area contributed by atoms with Crippen LogP contribution in [0.5, 0.6) is 0 Å². The fraction of sp³-hybridized carbons (Fsp3) is 0.0448. The van der Waals surface area contributed by atoms with E-state index in [4.69, 9.17) is 49.8 Å². The molecule has 698 valence electrons. The molecule has 148 heavy (non-hydrogen) atoms. The molecule has 0 unspecified atom stereocenters. The molecule has 14 nitrogen and oxygen atoms in total. The van der Waals surface area contributed by atoms with Crippen molar-refractivity contribution >= 4 is 87.2 Å². The first-order chi connectivity index (χ1) is 72.9. The van der Waals surface area contributed by atoms with E-state index in [0.717, 1.165) is 133 Å². The smallest absolute Gasteiger partial charge is 0.238 e. The Morgan fingerprint density at radius 2 is 0.439 bits per heavy atom. The Morgan fingerprint density at radius 3 is 0.838 bits per heavy atom. The molecule has 0 bridgehead atoms. The molecule has 29 rings (SSSR count). The maximum absolute atomic E-state index is 5.34. The van der Waals surface area contributed by atoms with Crippen molar-refractivity contribution in [1.29, 1.82) is 0 Å². The highest BCUT2D eigenvalue weighted by Crippen LogP contribution is 2.56. The lowest BCUT2D eigenvalue weighted by Crippen LogP contribution is -2.16. The highest BCUT2D eigenvalue weighted by Gasteiger charge is 2.41. The van der Waals surface area contributed by atoms with Crippen LogP contribution in [0.15, 0.2) is 485 Å². The fourth-order valence-corrected chi connectivity index (χ4v) is 22.6. The molecule has 0 radical (unpaired) electrons. The van der Waals surface area contributed by atoms with Crippen molar-refractivity contribution < 1.29 is 0 Å². The average Bonchev–Trinajstić information content (AvgIpc) is 1.55. The van der Waals surface area contributed by atoms with E-state index in [0.29, 0.717) is 46.8 Å². The Kier molecular flexibility index (Phi) is 21.2. The van der Waals surface area contributed by atoms with Crippen LogP contribution in [-0.4, -0.2) is 68.1 Å². The average molecular weight is 1900 g/mol. The van der Waals surface area contributed by atoms with Crippen LogP contribution in [0.25, 0.3) is 246 Å². The van der Waals surface area contributed by atoms with Gasteiger partial charge in [-0.1, -0.05) is 422 Å². The molecule has 0 saturated heterocycles. The second-order valence-corrected chi connectivity index (χ2v) is 38.9. The predicted molar refractivity (Wildman–Crippen MR) is 604 cm³/mol. The summed E-state index contributed by atoms with van der Waals surface area (Å²) in [6, 6.07) is 169. The standard InChI is InChI=1S/C49H31N7.C43H31N3.C42H30N4/c1-5-17-32(18-6-1)40-31-41(33-19-7-2-8-20-33)51-48(50-40)55-42-27-15-13-25-36(42)38-29-30-39-37-26-14-16-28-43(37)56(45(39)44(38)55)49-53-46(34-21-9-3-10-22-34)52-47(54-49)35-23-11-4-12-24-35;1-43(2)36-19-11-9-17-32(36)34-25-26-35-33-18-10-12-20-39(33)46(41(35)40(34)43)31-23-21-30(22-24-31)42-44-37(28-13-5-3-6-14-28)27-38(45-42)29-15-7-4-8-16-29;1-42(2)34-19-11-9-17-31(34)32-25-26-36-37(38(32)42)33-18-10-12-20-35(33)46(36)30-23-21-29(22-24-30)41-44-39(27-13-5-3-6-14-27)43-40(45-41)28-15-7-4-8-16-28/h1-31H;3-27H,1-2H3;3-26H,1-2H3. The van der Waals surface area contributed by atoms with Crippen molar-refractivity contribution in [2.24, 2.45) is 0 Å². The Hall–Kier alpha value is -19.4. The lowest BCUT2D eigenvalue weighted by molar-refractivity contribution is 0.664. The zero-order chi connectivity index (χ0) is 98.7. The number of nitrogens with zero attached hydrogens (tertiary/aromatic N) is 14. The van der Waals surface area contributed by atoms with E-state index in [2.05, 4.69) is 361 Å². The van der Waals surface area contributed by atoms with Crippen LogP contribution in [-0.2, 0) is 10.8 Å². The van der Waals surface area contributed by atoms with Crippen molar-refractivity contribution in [2.75, 3.05) is 0 Å². The molecular formula is C134H92N14. The van der Waals surface area contributed by atoms with Gasteiger partial charge in [0.1, 0.15) is 0 Å². The van der Waals surface area contributed by atoms with Crippen molar-refractivity contribution in [3.63, 3.8) is 0 Å². The summed E-state index contributed by atoms with van der Waals surface area (Å²) in [7, 11) is 0. The van der Waals surface area contributed by atoms with Crippen LogP contribution >= 0.6 is 0 Å². The van der Waals surface area contributed by atoms with E-state index in [1.165, 1.54) is 88.1 Å². The zero-order valence-electron chi connectivity index (χ0n) is 81.4. The van der Waals surface area contributed by atoms with Crippen molar-refractivity contribution in [2.45, 2.75) is 38.5 Å². The fourth-order valence-electron chi connectivity index (χ4n) is 22.6. The number of hydrogen-bond donors (Lipinski definition) is 0. The summed E-state index contributed by atoms with van der Waals surface area (Å²) in [6.45, 7) is 9.45. The SMILES string of the molecule is CC1(C)c2ccccc2-c2ccc3c(c21)c1ccccc1n3-c1ccc(-c2nc(-c3ccccc3)nc(-c3ccccc3)n2)cc1.CC1(C)c2ccccc2-c2ccc3c4ccccc4n(-c4ccc(-c5nc(-c6ccccc6)cc(-c6ccccc6)n5)cc4)c3c21.c1ccc(-c2cc(-c3ccccc3)nc(-n3c4ccccc4c4ccc5c6ccccc6n(-c6nc(-c7ccccc7)nc(-c7ccccc7)n6)c5c43)n2)cc1. The minimum Gasteiger partial charge on any atom is -0.309 e. The minimum absolute atomic E-state index is 0.101. The second-order valence-electron chi connectivity index (χ2n) is 38.9. The minimum atomic E-state index is -0.128. The van der Waals surface area contributed by atoms with Crippen LogP contribution in [0.2, 0.25) is 0 Å². The van der Waals surface area contributed by atoms with Gasteiger partial charge in [-0.3, -0.25) is 9.13 Å². The van der Waals surface area contributed by atoms with Gasteiger partial charge in [-0.25, -0.2) is 39.9 Å². The number of rotatable bonds is 14. The van der Waals surface area contributed by atoms with Crippen LogP contribution in [0.4, 0.5) is 0 Å². The molecule has 19 aromatic carbocycles. The van der Waals surface area contributed by atoms with Gasteiger partial charge in [0.05, 0.1) is 66.9 Å². The molecule has 0 atom stereocenters. The Balaban J connectivity index is 0.000000110. The maximum atomic E-state index is 5.34. The molecule has 0 aliphatic heterocycles. The molecule has 0 N–H and O–H groups in total. The normalized spacial score (nSPS) is 12.6. The predicted octanol–water partition coefficient (Wildman–Crippen LogP) is 32.7. The van der Waals surface area contributed by atoms with E-state index in [-0.39, 0.29) is 10.8 Å². The van der Waals surface area contributed by atoms with Gasteiger partial charge in [-0.2, -0.15) is 9.97 Å². The molecular weight excluding hydrogens is 1810 g/mol. The zero-order valence-corrected chi connectivity index (χ0v) is 81.4. The summed E-state index contributed by atoms with van der Waals surface area (Å²) in [6.07, 6.45) is 0. The first-order valence-electron chi connectivity index (χ1n) is 50.2. The van der Waals surface area contributed by atoms with E-state index >= 15 is 0 Å². The highest BCUT2D eigenvalue weighted by atomic mass is 15.2. The van der Waals surface area contributed by atoms with Gasteiger partial charge in [0.15, 0.2) is 34.9 Å². The number of hydrogen-bond acceptors (Lipinski definition) is 10.